The van der Waals surface area contributed by atoms with E-state index in [0.717, 1.165) is 44.6 Å². The highest BCUT2D eigenvalue weighted by molar-refractivity contribution is 5.79. The molecule has 0 unspecified atom stereocenters. The smallest absolute Gasteiger partial charge is 0.224 e. The summed E-state index contributed by atoms with van der Waals surface area (Å²) in [6, 6.07) is 14.7. The minimum absolute atomic E-state index is 0.0203. The number of hydrogen-bond acceptors (Lipinski definition) is 4. The fraction of sp³-hybridized carbons (Fsp3) is 0.520. The summed E-state index contributed by atoms with van der Waals surface area (Å²) in [6.07, 6.45) is 10.4. The van der Waals surface area contributed by atoms with E-state index in [9.17, 15) is 4.79 Å². The molecule has 5 nitrogen and oxygen atoms in total. The molecule has 30 heavy (non-hydrogen) atoms. The van der Waals surface area contributed by atoms with Gasteiger partial charge in [0.05, 0.1) is 18.7 Å². The summed E-state index contributed by atoms with van der Waals surface area (Å²) in [6.45, 7) is 3.25. The van der Waals surface area contributed by atoms with Gasteiger partial charge in [0.25, 0.3) is 0 Å². The van der Waals surface area contributed by atoms with Gasteiger partial charge in [-0.3, -0.25) is 14.7 Å². The Balaban J connectivity index is 1.39. The highest BCUT2D eigenvalue weighted by Crippen LogP contribution is 2.26. The molecule has 2 aromatic rings. The van der Waals surface area contributed by atoms with Gasteiger partial charge in [-0.25, -0.2) is 0 Å². The Bertz CT molecular complexity index is 777. The number of nitrogens with zero attached hydrogens (tertiary/aromatic N) is 2. The first kappa shape index (κ1) is 20.9. The molecule has 2 atom stereocenters. The Morgan fingerprint density at radius 3 is 2.67 bits per heavy atom. The van der Waals surface area contributed by atoms with Gasteiger partial charge in [0.1, 0.15) is 5.75 Å². The molecule has 4 rings (SSSR count). The zero-order valence-corrected chi connectivity index (χ0v) is 17.7. The van der Waals surface area contributed by atoms with Gasteiger partial charge in [-0.1, -0.05) is 49.6 Å². The monoisotopic (exact) mass is 407 g/mol. The number of ether oxygens (including phenoxy) is 1. The van der Waals surface area contributed by atoms with E-state index < -0.39 is 0 Å². The topological polar surface area (TPSA) is 54.5 Å². The number of likely N-dealkylation sites (tertiary alicyclic amines) is 1. The number of rotatable bonds is 7. The number of carbonyl (C=O) groups excluding carboxylic acids is 1. The van der Waals surface area contributed by atoms with E-state index in [1.165, 1.54) is 24.8 Å². The van der Waals surface area contributed by atoms with Crippen LogP contribution in [-0.2, 0) is 11.3 Å². The Kier molecular flexibility index (Phi) is 7.35. The van der Waals surface area contributed by atoms with Crippen LogP contribution in [-0.4, -0.2) is 41.5 Å². The van der Waals surface area contributed by atoms with Gasteiger partial charge in [0.15, 0.2) is 0 Å². The molecule has 2 aliphatic rings. The third-order valence-corrected chi connectivity index (χ3v) is 6.30. The van der Waals surface area contributed by atoms with E-state index in [1.807, 2.05) is 18.2 Å². The number of hydrogen-bond donors (Lipinski definition) is 1. The highest BCUT2D eigenvalue weighted by atomic mass is 16.5. The van der Waals surface area contributed by atoms with Crippen LogP contribution in [0.3, 0.4) is 0 Å². The lowest BCUT2D eigenvalue weighted by molar-refractivity contribution is -0.128. The first-order valence-corrected chi connectivity index (χ1v) is 11.4. The summed E-state index contributed by atoms with van der Waals surface area (Å²) in [7, 11) is 0. The van der Waals surface area contributed by atoms with Crippen LogP contribution in [0.2, 0.25) is 0 Å². The second-order valence-electron chi connectivity index (χ2n) is 8.82. The van der Waals surface area contributed by atoms with Crippen molar-refractivity contribution < 1.29 is 9.53 Å². The maximum atomic E-state index is 13.1. The number of benzene rings is 1. The third kappa shape index (κ3) is 6.05. The molecule has 5 heteroatoms. The number of amides is 1. The number of carbonyl (C=O) groups is 1. The van der Waals surface area contributed by atoms with E-state index in [4.69, 9.17) is 4.74 Å². The van der Waals surface area contributed by atoms with Crippen molar-refractivity contribution in [2.75, 3.05) is 19.7 Å². The molecular formula is C25H33N3O2. The molecule has 1 aromatic heterocycles. The van der Waals surface area contributed by atoms with E-state index >= 15 is 0 Å². The predicted molar refractivity (Wildman–Crippen MR) is 118 cm³/mol. The third-order valence-electron chi connectivity index (χ3n) is 6.30. The van der Waals surface area contributed by atoms with Crippen molar-refractivity contribution in [3.05, 3.63) is 60.4 Å². The second kappa shape index (κ2) is 10.6. The first-order valence-electron chi connectivity index (χ1n) is 11.4. The average Bonchev–Trinajstić information content (AvgIpc) is 2.80. The van der Waals surface area contributed by atoms with Gasteiger partial charge in [0.2, 0.25) is 5.91 Å². The van der Waals surface area contributed by atoms with Gasteiger partial charge in [-0.15, -0.1) is 0 Å². The van der Waals surface area contributed by atoms with Crippen molar-refractivity contribution in [2.24, 2.45) is 11.8 Å². The predicted octanol–water partition coefficient (Wildman–Crippen LogP) is 4.05. The van der Waals surface area contributed by atoms with Crippen molar-refractivity contribution in [1.29, 1.82) is 0 Å². The van der Waals surface area contributed by atoms with Crippen LogP contribution >= 0.6 is 0 Å². The second-order valence-corrected chi connectivity index (χ2v) is 8.82. The molecule has 2 fully saturated rings. The van der Waals surface area contributed by atoms with Crippen molar-refractivity contribution in [3.8, 4) is 5.75 Å². The van der Waals surface area contributed by atoms with E-state index in [-0.39, 0.29) is 11.8 Å². The minimum atomic E-state index is 0.0203. The Morgan fingerprint density at radius 2 is 1.90 bits per heavy atom. The van der Waals surface area contributed by atoms with Crippen molar-refractivity contribution in [1.82, 2.24) is 15.2 Å². The molecule has 2 heterocycles. The van der Waals surface area contributed by atoms with Crippen LogP contribution in [0.25, 0.3) is 0 Å². The molecule has 0 spiro atoms. The number of pyridine rings is 1. The molecule has 1 N–H and O–H groups in total. The fourth-order valence-corrected chi connectivity index (χ4v) is 4.80. The maximum Gasteiger partial charge on any atom is 0.224 e. The summed E-state index contributed by atoms with van der Waals surface area (Å²) >= 11 is 0. The average molecular weight is 408 g/mol. The maximum absolute atomic E-state index is 13.1. The lowest BCUT2D eigenvalue weighted by atomic mass is 9.87. The van der Waals surface area contributed by atoms with E-state index in [0.29, 0.717) is 18.6 Å². The lowest BCUT2D eigenvalue weighted by Gasteiger charge is -2.38. The van der Waals surface area contributed by atoms with Crippen molar-refractivity contribution in [3.63, 3.8) is 0 Å². The van der Waals surface area contributed by atoms with E-state index in [2.05, 4.69) is 39.5 Å². The lowest BCUT2D eigenvalue weighted by Crippen LogP contribution is -2.49. The SMILES string of the molecule is O=C(NC1CCCCC1)[C@@H]1C[C@H](COc2cccnc2)CN(Cc2ccccc2)C1. The van der Waals surface area contributed by atoms with Gasteiger partial charge < -0.3 is 10.1 Å². The summed E-state index contributed by atoms with van der Waals surface area (Å²) in [5, 5.41) is 3.35. The highest BCUT2D eigenvalue weighted by Gasteiger charge is 2.33. The van der Waals surface area contributed by atoms with Gasteiger partial charge in [-0.2, -0.15) is 0 Å². The molecule has 1 aliphatic heterocycles. The normalized spacial score (nSPS) is 23.1. The Morgan fingerprint density at radius 1 is 1.07 bits per heavy atom. The summed E-state index contributed by atoms with van der Waals surface area (Å²) in [5.41, 5.74) is 1.29. The van der Waals surface area contributed by atoms with Gasteiger partial charge in [0, 0.05) is 37.8 Å². The molecule has 1 saturated carbocycles. The van der Waals surface area contributed by atoms with Crippen LogP contribution in [0.5, 0.6) is 5.75 Å². The first-order chi connectivity index (χ1) is 14.8. The molecule has 1 amide bonds. The molecule has 0 radical (unpaired) electrons. The van der Waals surface area contributed by atoms with Crippen LogP contribution in [0.1, 0.15) is 44.1 Å². The zero-order valence-electron chi connectivity index (χ0n) is 17.7. The molecule has 1 saturated heterocycles. The van der Waals surface area contributed by atoms with Crippen LogP contribution < -0.4 is 10.1 Å². The molecule has 160 valence electrons. The molecule has 1 aliphatic carbocycles. The zero-order chi connectivity index (χ0) is 20.6. The fourth-order valence-electron chi connectivity index (χ4n) is 4.80. The van der Waals surface area contributed by atoms with Crippen LogP contribution in [0, 0.1) is 11.8 Å². The quantitative estimate of drug-likeness (QED) is 0.752. The summed E-state index contributed by atoms with van der Waals surface area (Å²) < 4.78 is 6.00. The Labute approximate surface area is 179 Å². The summed E-state index contributed by atoms with van der Waals surface area (Å²) in [4.78, 5) is 19.6. The standard InChI is InChI=1S/C25H33N3O2/c29-25(27-23-10-5-2-6-11-23)22-14-21(19-30-24-12-7-13-26-15-24)17-28(18-22)16-20-8-3-1-4-9-20/h1,3-4,7-9,12-13,15,21-23H,2,5-6,10-11,14,16-19H2,(H,27,29)/t21-,22+/m0/s1. The van der Waals surface area contributed by atoms with E-state index in [1.54, 1.807) is 12.4 Å². The number of nitrogens with one attached hydrogen (secondary N) is 1. The molecule has 1 aromatic carbocycles. The molecule has 0 bridgehead atoms. The largest absolute Gasteiger partial charge is 0.492 e. The molecular weight excluding hydrogens is 374 g/mol. The van der Waals surface area contributed by atoms with Crippen LogP contribution in [0.15, 0.2) is 54.9 Å². The summed E-state index contributed by atoms with van der Waals surface area (Å²) in [5.74, 6) is 1.36. The number of aromatic nitrogens is 1. The number of piperidine rings is 1. The Hall–Kier alpha value is -2.40. The van der Waals surface area contributed by atoms with Gasteiger partial charge >= 0.3 is 0 Å². The van der Waals surface area contributed by atoms with Crippen molar-refractivity contribution in [2.45, 2.75) is 51.1 Å². The van der Waals surface area contributed by atoms with Crippen molar-refractivity contribution >= 4 is 5.91 Å². The van der Waals surface area contributed by atoms with Crippen LogP contribution in [0.4, 0.5) is 0 Å². The minimum Gasteiger partial charge on any atom is -0.492 e. The van der Waals surface area contributed by atoms with Gasteiger partial charge in [-0.05, 0) is 37.0 Å².